The molecule has 0 spiro atoms. The number of halogens is 2. The standard InChI is InChI=1S/C13H14Cl2N2O2/c1-17-7-8(4-12(17)18)6-16-13(19)9-2-3-10(14)11(15)5-9/h2-3,5,8H,4,6-7H2,1H3,(H,16,19). The van der Waals surface area contributed by atoms with Crippen LogP contribution in [0.25, 0.3) is 0 Å². The number of rotatable bonds is 3. The topological polar surface area (TPSA) is 49.4 Å². The molecule has 2 amide bonds. The van der Waals surface area contributed by atoms with E-state index in [0.717, 1.165) is 0 Å². The van der Waals surface area contributed by atoms with Crippen LogP contribution in [0.5, 0.6) is 0 Å². The van der Waals surface area contributed by atoms with Crippen LogP contribution in [0.15, 0.2) is 18.2 Å². The summed E-state index contributed by atoms with van der Waals surface area (Å²) in [6, 6.07) is 4.74. The number of amides is 2. The molecule has 19 heavy (non-hydrogen) atoms. The molecule has 1 atom stereocenters. The smallest absolute Gasteiger partial charge is 0.251 e. The van der Waals surface area contributed by atoms with Gasteiger partial charge < -0.3 is 10.2 Å². The third-order valence-electron chi connectivity index (χ3n) is 3.15. The van der Waals surface area contributed by atoms with Gasteiger partial charge in [0.25, 0.3) is 5.91 Å². The fraction of sp³-hybridized carbons (Fsp3) is 0.385. The maximum absolute atomic E-state index is 11.9. The van der Waals surface area contributed by atoms with Crippen LogP contribution in [0.1, 0.15) is 16.8 Å². The van der Waals surface area contributed by atoms with Crippen LogP contribution in [0.4, 0.5) is 0 Å². The average molecular weight is 301 g/mol. The quantitative estimate of drug-likeness (QED) is 0.930. The van der Waals surface area contributed by atoms with E-state index in [0.29, 0.717) is 35.1 Å². The molecule has 1 aliphatic heterocycles. The Hall–Kier alpha value is -1.26. The normalized spacial score (nSPS) is 18.8. The number of hydrogen-bond donors (Lipinski definition) is 1. The lowest BCUT2D eigenvalue weighted by Crippen LogP contribution is -2.30. The minimum atomic E-state index is -0.208. The van der Waals surface area contributed by atoms with Crippen LogP contribution >= 0.6 is 23.2 Å². The van der Waals surface area contributed by atoms with Gasteiger partial charge in [0.05, 0.1) is 10.0 Å². The summed E-state index contributed by atoms with van der Waals surface area (Å²) in [5, 5.41) is 3.58. The molecule has 1 fully saturated rings. The Morgan fingerprint density at radius 2 is 2.16 bits per heavy atom. The van der Waals surface area contributed by atoms with Crippen LogP contribution in [0.2, 0.25) is 10.0 Å². The highest BCUT2D eigenvalue weighted by atomic mass is 35.5. The summed E-state index contributed by atoms with van der Waals surface area (Å²) < 4.78 is 0. The van der Waals surface area contributed by atoms with Crippen molar-refractivity contribution in [1.82, 2.24) is 10.2 Å². The van der Waals surface area contributed by atoms with Crippen molar-refractivity contribution in [3.63, 3.8) is 0 Å². The van der Waals surface area contributed by atoms with E-state index in [2.05, 4.69) is 5.32 Å². The summed E-state index contributed by atoms with van der Waals surface area (Å²) in [6.07, 6.45) is 0.484. The molecule has 1 unspecified atom stereocenters. The second kappa shape index (κ2) is 5.80. The molecule has 1 saturated heterocycles. The number of carbonyl (C=O) groups is 2. The Labute approximate surface area is 121 Å². The van der Waals surface area contributed by atoms with Gasteiger partial charge in [-0.15, -0.1) is 0 Å². The molecule has 4 nitrogen and oxygen atoms in total. The van der Waals surface area contributed by atoms with E-state index in [1.54, 1.807) is 24.1 Å². The molecule has 0 aliphatic carbocycles. The summed E-state index contributed by atoms with van der Waals surface area (Å²) >= 11 is 11.7. The van der Waals surface area contributed by atoms with Crippen molar-refractivity contribution in [2.45, 2.75) is 6.42 Å². The van der Waals surface area contributed by atoms with E-state index in [1.165, 1.54) is 6.07 Å². The second-order valence-electron chi connectivity index (χ2n) is 4.68. The largest absolute Gasteiger partial charge is 0.352 e. The summed E-state index contributed by atoms with van der Waals surface area (Å²) in [6.45, 7) is 1.16. The zero-order valence-corrected chi connectivity index (χ0v) is 12.0. The minimum Gasteiger partial charge on any atom is -0.352 e. The molecular formula is C13H14Cl2N2O2. The molecule has 6 heteroatoms. The Bertz CT molecular complexity index is 519. The number of benzene rings is 1. The number of hydrogen-bond acceptors (Lipinski definition) is 2. The van der Waals surface area contributed by atoms with Gasteiger partial charge in [0.15, 0.2) is 0 Å². The third kappa shape index (κ3) is 3.39. The van der Waals surface area contributed by atoms with Crippen molar-refractivity contribution in [2.24, 2.45) is 5.92 Å². The Kier molecular flexibility index (Phi) is 4.32. The predicted octanol–water partition coefficient (Wildman–Crippen LogP) is 2.20. The molecule has 1 aliphatic rings. The first-order valence-electron chi connectivity index (χ1n) is 5.94. The first-order chi connectivity index (χ1) is 8.97. The van der Waals surface area contributed by atoms with E-state index in [-0.39, 0.29) is 17.7 Å². The van der Waals surface area contributed by atoms with Crippen molar-refractivity contribution in [3.05, 3.63) is 33.8 Å². The van der Waals surface area contributed by atoms with Crippen LogP contribution in [0.3, 0.4) is 0 Å². The monoisotopic (exact) mass is 300 g/mol. The Morgan fingerprint density at radius 3 is 2.74 bits per heavy atom. The van der Waals surface area contributed by atoms with Gasteiger partial charge in [-0.1, -0.05) is 23.2 Å². The first-order valence-corrected chi connectivity index (χ1v) is 6.70. The van der Waals surface area contributed by atoms with Gasteiger partial charge in [-0.3, -0.25) is 9.59 Å². The molecule has 0 radical (unpaired) electrons. The lowest BCUT2D eigenvalue weighted by atomic mass is 10.1. The van der Waals surface area contributed by atoms with Crippen molar-refractivity contribution in [2.75, 3.05) is 20.1 Å². The lowest BCUT2D eigenvalue weighted by molar-refractivity contribution is -0.126. The van der Waals surface area contributed by atoms with E-state index in [9.17, 15) is 9.59 Å². The molecule has 0 bridgehead atoms. The van der Waals surface area contributed by atoms with Crippen molar-refractivity contribution in [3.8, 4) is 0 Å². The maximum atomic E-state index is 11.9. The van der Waals surface area contributed by atoms with Gasteiger partial charge in [-0.05, 0) is 18.2 Å². The molecule has 1 aromatic rings. The van der Waals surface area contributed by atoms with Gasteiger partial charge in [0.2, 0.25) is 5.91 Å². The third-order valence-corrected chi connectivity index (χ3v) is 3.89. The Morgan fingerprint density at radius 1 is 1.42 bits per heavy atom. The van der Waals surface area contributed by atoms with Crippen LogP contribution < -0.4 is 5.32 Å². The van der Waals surface area contributed by atoms with Gasteiger partial charge >= 0.3 is 0 Å². The van der Waals surface area contributed by atoms with Crippen molar-refractivity contribution < 1.29 is 9.59 Å². The fourth-order valence-corrected chi connectivity index (χ4v) is 2.37. The highest BCUT2D eigenvalue weighted by Crippen LogP contribution is 2.22. The number of likely N-dealkylation sites (tertiary alicyclic amines) is 1. The molecule has 0 aromatic heterocycles. The van der Waals surface area contributed by atoms with Crippen LogP contribution in [-0.4, -0.2) is 36.9 Å². The highest BCUT2D eigenvalue weighted by molar-refractivity contribution is 6.42. The zero-order valence-electron chi connectivity index (χ0n) is 10.5. The predicted molar refractivity (Wildman–Crippen MR) is 74.5 cm³/mol. The van der Waals surface area contributed by atoms with E-state index in [1.807, 2.05) is 0 Å². The number of carbonyl (C=O) groups excluding carboxylic acids is 2. The van der Waals surface area contributed by atoms with Crippen LogP contribution in [-0.2, 0) is 4.79 Å². The molecule has 1 N–H and O–H groups in total. The molecule has 0 saturated carbocycles. The summed E-state index contributed by atoms with van der Waals surface area (Å²) in [7, 11) is 1.77. The second-order valence-corrected chi connectivity index (χ2v) is 5.50. The van der Waals surface area contributed by atoms with Crippen molar-refractivity contribution in [1.29, 1.82) is 0 Å². The summed E-state index contributed by atoms with van der Waals surface area (Å²) in [5.41, 5.74) is 0.465. The maximum Gasteiger partial charge on any atom is 0.251 e. The summed E-state index contributed by atoms with van der Waals surface area (Å²) in [4.78, 5) is 25.0. The summed E-state index contributed by atoms with van der Waals surface area (Å²) in [5.74, 6) is 0.0820. The molecule has 102 valence electrons. The van der Waals surface area contributed by atoms with E-state index in [4.69, 9.17) is 23.2 Å². The number of nitrogens with one attached hydrogen (secondary N) is 1. The fourth-order valence-electron chi connectivity index (χ4n) is 2.07. The van der Waals surface area contributed by atoms with Gasteiger partial charge in [0, 0.05) is 38.0 Å². The zero-order chi connectivity index (χ0) is 14.0. The Balaban J connectivity index is 1.91. The van der Waals surface area contributed by atoms with Crippen molar-refractivity contribution >= 4 is 35.0 Å². The van der Waals surface area contributed by atoms with Crippen LogP contribution in [0, 0.1) is 5.92 Å². The molecular weight excluding hydrogens is 287 g/mol. The molecule has 1 aromatic carbocycles. The molecule has 1 heterocycles. The number of nitrogens with zero attached hydrogens (tertiary/aromatic N) is 1. The van der Waals surface area contributed by atoms with E-state index >= 15 is 0 Å². The molecule has 2 rings (SSSR count). The van der Waals surface area contributed by atoms with E-state index < -0.39 is 0 Å². The SMILES string of the molecule is CN1CC(CNC(=O)c2ccc(Cl)c(Cl)c2)CC1=O. The van der Waals surface area contributed by atoms with Gasteiger partial charge in [-0.25, -0.2) is 0 Å². The van der Waals surface area contributed by atoms with Gasteiger partial charge in [0.1, 0.15) is 0 Å². The first kappa shape index (κ1) is 14.2. The highest BCUT2D eigenvalue weighted by Gasteiger charge is 2.26. The minimum absolute atomic E-state index is 0.119. The average Bonchev–Trinajstić information content (AvgIpc) is 2.69. The lowest BCUT2D eigenvalue weighted by Gasteiger charge is -2.11. The van der Waals surface area contributed by atoms with Gasteiger partial charge in [-0.2, -0.15) is 0 Å².